The lowest BCUT2D eigenvalue weighted by atomic mass is 10.1. The molecule has 0 bridgehead atoms. The molecule has 4 heteroatoms. The number of benzene rings is 2. The van der Waals surface area contributed by atoms with Crippen LogP contribution in [0, 0.1) is 5.82 Å². The molecule has 0 aliphatic rings. The molecule has 0 radical (unpaired) electrons. The molecule has 2 rings (SSSR count). The SMILES string of the molecule is CCCNC(C)c1ccc(Sc2ccccc2F)c(Br)c1. The highest BCUT2D eigenvalue weighted by Crippen LogP contribution is 2.36. The van der Waals surface area contributed by atoms with Crippen LogP contribution in [-0.2, 0) is 0 Å². The van der Waals surface area contributed by atoms with Gasteiger partial charge in [-0.25, -0.2) is 4.39 Å². The molecule has 1 unspecified atom stereocenters. The third-order valence-electron chi connectivity index (χ3n) is 3.21. The number of rotatable bonds is 6. The Morgan fingerprint density at radius 3 is 2.62 bits per heavy atom. The highest BCUT2D eigenvalue weighted by atomic mass is 79.9. The molecule has 0 spiro atoms. The maximum Gasteiger partial charge on any atom is 0.137 e. The molecule has 0 amide bonds. The lowest BCUT2D eigenvalue weighted by molar-refractivity contribution is 0.570. The molecule has 21 heavy (non-hydrogen) atoms. The molecule has 0 aliphatic heterocycles. The van der Waals surface area contributed by atoms with Gasteiger partial charge in [-0.1, -0.05) is 36.9 Å². The Labute approximate surface area is 138 Å². The third-order valence-corrected chi connectivity index (χ3v) is 5.26. The number of hydrogen-bond acceptors (Lipinski definition) is 2. The van der Waals surface area contributed by atoms with Gasteiger partial charge in [0.15, 0.2) is 0 Å². The van der Waals surface area contributed by atoms with Crippen LogP contribution in [0.4, 0.5) is 4.39 Å². The zero-order chi connectivity index (χ0) is 15.2. The summed E-state index contributed by atoms with van der Waals surface area (Å²) in [5.74, 6) is -0.184. The van der Waals surface area contributed by atoms with Gasteiger partial charge in [0.25, 0.3) is 0 Å². The molecule has 0 saturated carbocycles. The predicted molar refractivity (Wildman–Crippen MR) is 91.4 cm³/mol. The molecule has 112 valence electrons. The van der Waals surface area contributed by atoms with Crippen LogP contribution in [0.3, 0.4) is 0 Å². The monoisotopic (exact) mass is 367 g/mol. The Bertz CT molecular complexity index is 603. The molecular weight excluding hydrogens is 349 g/mol. The van der Waals surface area contributed by atoms with Crippen LogP contribution in [0.2, 0.25) is 0 Å². The fourth-order valence-corrected chi connectivity index (χ4v) is 3.47. The predicted octanol–water partition coefficient (Wildman–Crippen LogP) is 5.80. The van der Waals surface area contributed by atoms with E-state index in [1.54, 1.807) is 12.1 Å². The minimum Gasteiger partial charge on any atom is -0.310 e. The lowest BCUT2D eigenvalue weighted by Crippen LogP contribution is -2.19. The van der Waals surface area contributed by atoms with Crippen LogP contribution in [-0.4, -0.2) is 6.54 Å². The molecule has 1 N–H and O–H groups in total. The smallest absolute Gasteiger partial charge is 0.137 e. The van der Waals surface area contributed by atoms with Gasteiger partial charge in [0, 0.05) is 20.3 Å². The van der Waals surface area contributed by atoms with Crippen LogP contribution in [0.5, 0.6) is 0 Å². The van der Waals surface area contributed by atoms with Crippen molar-refractivity contribution < 1.29 is 4.39 Å². The fourth-order valence-electron chi connectivity index (χ4n) is 1.99. The van der Waals surface area contributed by atoms with Gasteiger partial charge in [-0.3, -0.25) is 0 Å². The highest BCUT2D eigenvalue weighted by molar-refractivity contribution is 9.10. The second-order valence-corrected chi connectivity index (χ2v) is 6.84. The zero-order valence-corrected chi connectivity index (χ0v) is 14.6. The molecule has 2 aromatic rings. The summed E-state index contributed by atoms with van der Waals surface area (Å²) in [4.78, 5) is 1.66. The minimum atomic E-state index is -0.184. The van der Waals surface area contributed by atoms with Crippen LogP contribution >= 0.6 is 27.7 Å². The van der Waals surface area contributed by atoms with E-state index in [1.807, 2.05) is 12.1 Å². The van der Waals surface area contributed by atoms with Gasteiger partial charge in [-0.15, -0.1) is 0 Å². The topological polar surface area (TPSA) is 12.0 Å². The zero-order valence-electron chi connectivity index (χ0n) is 12.2. The molecule has 1 nitrogen and oxygen atoms in total. The standard InChI is InChI=1S/C17H19BrFNS/c1-3-10-20-12(2)13-8-9-16(14(18)11-13)21-17-7-5-4-6-15(17)19/h4-9,11-12,20H,3,10H2,1-2H3. The van der Waals surface area contributed by atoms with Crippen molar-refractivity contribution in [1.29, 1.82) is 0 Å². The van der Waals surface area contributed by atoms with Crippen LogP contribution in [0.15, 0.2) is 56.7 Å². The molecule has 0 aliphatic carbocycles. The van der Waals surface area contributed by atoms with Crippen LogP contribution in [0.25, 0.3) is 0 Å². The summed E-state index contributed by atoms with van der Waals surface area (Å²) in [7, 11) is 0. The van der Waals surface area contributed by atoms with Gasteiger partial charge in [-0.2, -0.15) is 0 Å². The van der Waals surface area contributed by atoms with Gasteiger partial charge in [0.05, 0.1) is 0 Å². The third kappa shape index (κ3) is 4.56. The first-order valence-corrected chi connectivity index (χ1v) is 8.68. The second kappa shape index (κ2) is 7.97. The number of nitrogens with one attached hydrogen (secondary N) is 1. The van der Waals surface area contributed by atoms with Gasteiger partial charge in [0.1, 0.15) is 5.82 Å². The first-order chi connectivity index (χ1) is 10.1. The molecule has 2 aromatic carbocycles. The molecule has 0 aromatic heterocycles. The van der Waals surface area contributed by atoms with E-state index in [2.05, 4.69) is 47.2 Å². The van der Waals surface area contributed by atoms with Crippen molar-refractivity contribution in [2.24, 2.45) is 0 Å². The van der Waals surface area contributed by atoms with Crippen LogP contribution in [0.1, 0.15) is 31.9 Å². The van der Waals surface area contributed by atoms with Crippen molar-refractivity contribution in [3.05, 3.63) is 58.3 Å². The van der Waals surface area contributed by atoms with Crippen molar-refractivity contribution in [1.82, 2.24) is 5.32 Å². The summed E-state index contributed by atoms with van der Waals surface area (Å²) in [5.41, 5.74) is 1.23. The van der Waals surface area contributed by atoms with E-state index >= 15 is 0 Å². The van der Waals surface area contributed by atoms with E-state index < -0.39 is 0 Å². The summed E-state index contributed by atoms with van der Waals surface area (Å²) in [5, 5.41) is 3.47. The minimum absolute atomic E-state index is 0.184. The lowest BCUT2D eigenvalue weighted by Gasteiger charge is -2.15. The Morgan fingerprint density at radius 1 is 1.19 bits per heavy atom. The van der Waals surface area contributed by atoms with E-state index in [-0.39, 0.29) is 5.82 Å². The molecule has 0 saturated heterocycles. The maximum atomic E-state index is 13.7. The summed E-state index contributed by atoms with van der Waals surface area (Å²) < 4.78 is 14.7. The average molecular weight is 368 g/mol. The van der Waals surface area contributed by atoms with E-state index in [0.29, 0.717) is 10.9 Å². The summed E-state index contributed by atoms with van der Waals surface area (Å²) in [6.07, 6.45) is 1.12. The van der Waals surface area contributed by atoms with E-state index in [1.165, 1.54) is 23.4 Å². The first kappa shape index (κ1) is 16.5. The Kier molecular flexibility index (Phi) is 6.27. The Morgan fingerprint density at radius 2 is 1.95 bits per heavy atom. The molecule has 0 fully saturated rings. The quantitative estimate of drug-likeness (QED) is 0.692. The van der Waals surface area contributed by atoms with E-state index in [0.717, 1.165) is 22.3 Å². The fraction of sp³-hybridized carbons (Fsp3) is 0.294. The van der Waals surface area contributed by atoms with Crippen molar-refractivity contribution >= 4 is 27.7 Å². The Hall–Kier alpha value is -0.840. The summed E-state index contributed by atoms with van der Waals surface area (Å²) in [6.45, 7) is 5.31. The molecular formula is C17H19BrFNS. The Balaban J connectivity index is 2.14. The van der Waals surface area contributed by atoms with E-state index in [4.69, 9.17) is 0 Å². The highest BCUT2D eigenvalue weighted by Gasteiger charge is 2.10. The van der Waals surface area contributed by atoms with Crippen molar-refractivity contribution in [2.75, 3.05) is 6.54 Å². The van der Waals surface area contributed by atoms with Gasteiger partial charge in [0.2, 0.25) is 0 Å². The normalized spacial score (nSPS) is 12.4. The summed E-state index contributed by atoms with van der Waals surface area (Å²) in [6, 6.07) is 13.4. The van der Waals surface area contributed by atoms with Crippen LogP contribution < -0.4 is 5.32 Å². The largest absolute Gasteiger partial charge is 0.310 e. The number of hydrogen-bond donors (Lipinski definition) is 1. The average Bonchev–Trinajstić information content (AvgIpc) is 2.49. The maximum absolute atomic E-state index is 13.7. The van der Waals surface area contributed by atoms with E-state index in [9.17, 15) is 4.39 Å². The van der Waals surface area contributed by atoms with Crippen molar-refractivity contribution in [3.63, 3.8) is 0 Å². The van der Waals surface area contributed by atoms with Crippen molar-refractivity contribution in [3.8, 4) is 0 Å². The molecule has 1 atom stereocenters. The van der Waals surface area contributed by atoms with Gasteiger partial charge >= 0.3 is 0 Å². The van der Waals surface area contributed by atoms with Gasteiger partial charge < -0.3 is 5.32 Å². The second-order valence-electron chi connectivity index (χ2n) is 4.90. The van der Waals surface area contributed by atoms with Crippen molar-refractivity contribution in [2.45, 2.75) is 36.1 Å². The van der Waals surface area contributed by atoms with Gasteiger partial charge in [-0.05, 0) is 65.6 Å². The first-order valence-electron chi connectivity index (χ1n) is 7.07. The summed E-state index contributed by atoms with van der Waals surface area (Å²) >= 11 is 5.03. The number of halogens is 2. The molecule has 0 heterocycles.